The minimum atomic E-state index is -0.857. The molecule has 0 aromatic carbocycles. The van der Waals surface area contributed by atoms with Crippen LogP contribution in [0.25, 0.3) is 0 Å². The molecule has 0 aliphatic heterocycles. The van der Waals surface area contributed by atoms with Crippen LogP contribution in [0.15, 0.2) is 14.4 Å². The van der Waals surface area contributed by atoms with E-state index in [2.05, 4.69) is 6.92 Å². The van der Waals surface area contributed by atoms with Gasteiger partial charge < -0.3 is 4.74 Å². The molecule has 0 aliphatic rings. The van der Waals surface area contributed by atoms with Gasteiger partial charge >= 0.3 is 23.0 Å². The van der Waals surface area contributed by atoms with Crippen molar-refractivity contribution in [3.8, 4) is 0 Å². The maximum Gasteiger partial charge on any atom is 0.333 e. The fourth-order valence-corrected chi connectivity index (χ4v) is 3.41. The fraction of sp³-hybridized carbons (Fsp3) is 0.765. The van der Waals surface area contributed by atoms with E-state index in [0.717, 1.165) is 16.7 Å². The molecule has 2 N–H and O–H groups in total. The number of unbranched alkanes of at least 4 members (excludes halogenated alkanes) is 5. The lowest BCUT2D eigenvalue weighted by atomic mass is 10.1. The van der Waals surface area contributed by atoms with E-state index in [1.807, 2.05) is 9.97 Å². The number of aromatic nitrogens is 3. The number of H-pyrrole nitrogens is 2. The molecule has 0 radical (unpaired) electrons. The van der Waals surface area contributed by atoms with Crippen LogP contribution in [-0.2, 0) is 16.1 Å². The normalized spacial score (nSPS) is 12.1. The summed E-state index contributed by atoms with van der Waals surface area (Å²) in [6, 6.07) is 0. The molecule has 1 aromatic heterocycles. The van der Waals surface area contributed by atoms with Crippen molar-refractivity contribution in [2.75, 3.05) is 18.1 Å². The van der Waals surface area contributed by atoms with Crippen LogP contribution < -0.4 is 17.1 Å². The molecule has 8 nitrogen and oxygen atoms in total. The highest BCUT2D eigenvalue weighted by atomic mass is 32.2. The van der Waals surface area contributed by atoms with E-state index >= 15 is 0 Å². The molecular weight excluding hydrogens is 358 g/mol. The summed E-state index contributed by atoms with van der Waals surface area (Å²) in [5.74, 6) is 1.12. The summed E-state index contributed by atoms with van der Waals surface area (Å²) in [6.07, 6.45) is 7.51. The molecule has 0 aliphatic carbocycles. The van der Waals surface area contributed by atoms with Gasteiger partial charge in [-0.05, 0) is 12.2 Å². The van der Waals surface area contributed by atoms with E-state index in [4.69, 9.17) is 4.74 Å². The molecule has 1 heterocycles. The molecule has 9 heteroatoms. The lowest BCUT2D eigenvalue weighted by Crippen LogP contribution is -2.44. The molecule has 0 saturated heterocycles. The van der Waals surface area contributed by atoms with Crippen molar-refractivity contribution in [1.29, 1.82) is 0 Å². The van der Waals surface area contributed by atoms with Gasteiger partial charge in [0, 0.05) is 5.75 Å². The minimum absolute atomic E-state index is 0.0969. The van der Waals surface area contributed by atoms with Crippen molar-refractivity contribution in [3.63, 3.8) is 0 Å². The van der Waals surface area contributed by atoms with E-state index in [-0.39, 0.29) is 25.0 Å². The van der Waals surface area contributed by atoms with Crippen LogP contribution in [0.5, 0.6) is 0 Å². The van der Waals surface area contributed by atoms with Crippen LogP contribution in [0.3, 0.4) is 0 Å². The third kappa shape index (κ3) is 8.55. The average molecular weight is 388 g/mol. The van der Waals surface area contributed by atoms with Gasteiger partial charge in [-0.25, -0.2) is 19.0 Å². The van der Waals surface area contributed by atoms with Gasteiger partial charge in [0.1, 0.15) is 6.61 Å². The van der Waals surface area contributed by atoms with Crippen molar-refractivity contribution < 1.29 is 9.53 Å². The Balaban J connectivity index is 2.20. The first-order valence-electron chi connectivity index (χ1n) is 9.13. The SMILES string of the molecule is CCCCCCCCSCC(C)C(=O)OCCn1c(=O)[nH]c(=O)[nH]c1=O. The van der Waals surface area contributed by atoms with Gasteiger partial charge in [-0.3, -0.25) is 14.8 Å². The fourth-order valence-electron chi connectivity index (χ4n) is 2.35. The summed E-state index contributed by atoms with van der Waals surface area (Å²) in [6.45, 7) is 3.80. The Morgan fingerprint density at radius 1 is 1.08 bits per heavy atom. The van der Waals surface area contributed by atoms with Gasteiger partial charge in [-0.15, -0.1) is 0 Å². The predicted molar refractivity (Wildman–Crippen MR) is 103 cm³/mol. The Labute approximate surface area is 156 Å². The smallest absolute Gasteiger partial charge is 0.333 e. The largest absolute Gasteiger partial charge is 0.464 e. The number of rotatable bonds is 13. The van der Waals surface area contributed by atoms with Gasteiger partial charge in [0.25, 0.3) is 0 Å². The van der Waals surface area contributed by atoms with Gasteiger partial charge in [0.15, 0.2) is 0 Å². The summed E-state index contributed by atoms with van der Waals surface area (Å²) >= 11 is 1.74. The molecular formula is C17H29N3O5S. The van der Waals surface area contributed by atoms with Crippen molar-refractivity contribution in [1.82, 2.24) is 14.5 Å². The van der Waals surface area contributed by atoms with E-state index < -0.39 is 17.1 Å². The lowest BCUT2D eigenvalue weighted by molar-refractivity contribution is -0.147. The zero-order valence-electron chi connectivity index (χ0n) is 15.5. The Kier molecular flexibility index (Phi) is 10.8. The van der Waals surface area contributed by atoms with E-state index in [0.29, 0.717) is 5.75 Å². The number of thioether (sulfide) groups is 1. The Hall–Kier alpha value is -1.77. The molecule has 26 heavy (non-hydrogen) atoms. The zero-order valence-corrected chi connectivity index (χ0v) is 16.4. The van der Waals surface area contributed by atoms with Crippen LogP contribution in [-0.4, -0.2) is 38.6 Å². The molecule has 1 rings (SSSR count). The number of nitrogens with zero attached hydrogens (tertiary/aromatic N) is 1. The van der Waals surface area contributed by atoms with E-state index in [1.165, 1.54) is 32.1 Å². The maximum atomic E-state index is 11.9. The van der Waals surface area contributed by atoms with Crippen LogP contribution in [0.2, 0.25) is 0 Å². The van der Waals surface area contributed by atoms with Crippen molar-refractivity contribution in [2.45, 2.75) is 58.9 Å². The van der Waals surface area contributed by atoms with Crippen molar-refractivity contribution in [2.24, 2.45) is 5.92 Å². The van der Waals surface area contributed by atoms with E-state index in [1.54, 1.807) is 18.7 Å². The summed E-state index contributed by atoms with van der Waals surface area (Å²) in [4.78, 5) is 49.8. The minimum Gasteiger partial charge on any atom is -0.464 e. The number of hydrogen-bond acceptors (Lipinski definition) is 6. The first-order chi connectivity index (χ1) is 12.5. The first-order valence-corrected chi connectivity index (χ1v) is 10.3. The van der Waals surface area contributed by atoms with Gasteiger partial charge in [-0.2, -0.15) is 11.8 Å². The van der Waals surface area contributed by atoms with Gasteiger partial charge in [-0.1, -0.05) is 46.0 Å². The summed E-state index contributed by atoms with van der Waals surface area (Å²) in [5.41, 5.74) is -2.50. The summed E-state index contributed by atoms with van der Waals surface area (Å²) < 4.78 is 5.90. The van der Waals surface area contributed by atoms with E-state index in [9.17, 15) is 19.2 Å². The highest BCUT2D eigenvalue weighted by molar-refractivity contribution is 7.99. The third-order valence-electron chi connectivity index (χ3n) is 3.90. The predicted octanol–water partition coefficient (Wildman–Crippen LogP) is 1.50. The molecule has 148 valence electrons. The third-order valence-corrected chi connectivity index (χ3v) is 5.22. The highest BCUT2D eigenvalue weighted by Gasteiger charge is 2.14. The average Bonchev–Trinajstić information content (AvgIpc) is 2.59. The Bertz CT molecular complexity index is 675. The van der Waals surface area contributed by atoms with Gasteiger partial charge in [0.05, 0.1) is 12.5 Å². The maximum absolute atomic E-state index is 11.9. The van der Waals surface area contributed by atoms with Crippen LogP contribution in [0.1, 0.15) is 52.4 Å². The first kappa shape index (κ1) is 22.3. The second-order valence-corrected chi connectivity index (χ2v) is 7.40. The van der Waals surface area contributed by atoms with Gasteiger partial charge in [0.2, 0.25) is 0 Å². The molecule has 1 unspecified atom stereocenters. The second kappa shape index (κ2) is 12.6. The number of aromatic amines is 2. The molecule has 0 saturated carbocycles. The molecule has 1 aromatic rings. The highest BCUT2D eigenvalue weighted by Crippen LogP contribution is 2.14. The number of carbonyl (C=O) groups is 1. The Morgan fingerprint density at radius 2 is 1.69 bits per heavy atom. The molecule has 0 bridgehead atoms. The number of esters is 1. The number of ether oxygens (including phenoxy) is 1. The topological polar surface area (TPSA) is 114 Å². The summed E-state index contributed by atoms with van der Waals surface area (Å²) in [7, 11) is 0. The lowest BCUT2D eigenvalue weighted by Gasteiger charge is -2.11. The Morgan fingerprint density at radius 3 is 2.35 bits per heavy atom. The second-order valence-electron chi connectivity index (χ2n) is 6.25. The molecule has 1 atom stereocenters. The zero-order chi connectivity index (χ0) is 19.4. The quantitative estimate of drug-likeness (QED) is 0.392. The number of nitrogens with one attached hydrogen (secondary N) is 2. The summed E-state index contributed by atoms with van der Waals surface area (Å²) in [5, 5.41) is 0. The monoisotopic (exact) mass is 387 g/mol. The van der Waals surface area contributed by atoms with Crippen LogP contribution in [0, 0.1) is 5.92 Å². The van der Waals surface area contributed by atoms with Crippen LogP contribution >= 0.6 is 11.8 Å². The number of carbonyl (C=O) groups excluding carboxylic acids is 1. The molecule has 0 spiro atoms. The van der Waals surface area contributed by atoms with Crippen LogP contribution in [0.4, 0.5) is 0 Å². The van der Waals surface area contributed by atoms with Crippen molar-refractivity contribution in [3.05, 3.63) is 31.5 Å². The van der Waals surface area contributed by atoms with Crippen molar-refractivity contribution >= 4 is 17.7 Å². The standard InChI is InChI=1S/C17H29N3O5S/c1-3-4-5-6-7-8-11-26-12-13(2)14(21)25-10-9-20-16(23)18-15(22)19-17(20)24/h13H,3-12H2,1-2H3,(H2,18,19,22,23,24). The molecule has 0 fully saturated rings. The number of hydrogen-bond donors (Lipinski definition) is 2. The molecule has 0 amide bonds.